The van der Waals surface area contributed by atoms with Crippen LogP contribution in [0.5, 0.6) is 0 Å². The number of aryl methyl sites for hydroxylation is 1. The highest BCUT2D eigenvalue weighted by atomic mass is 79.9. The topological polar surface area (TPSA) is 59.2 Å². The second-order valence-corrected chi connectivity index (χ2v) is 6.88. The Bertz CT molecular complexity index is 1180. The van der Waals surface area contributed by atoms with E-state index in [1.165, 1.54) is 22.7 Å². The van der Waals surface area contributed by atoms with Gasteiger partial charge in [0.25, 0.3) is 12.2 Å². The summed E-state index contributed by atoms with van der Waals surface area (Å²) in [6.07, 6.45) is -0.463. The lowest BCUT2D eigenvalue weighted by atomic mass is 10.2. The maximum atomic E-state index is 14.7. The van der Waals surface area contributed by atoms with Crippen molar-refractivity contribution in [2.75, 3.05) is 11.4 Å². The van der Waals surface area contributed by atoms with Crippen LogP contribution in [0.25, 0.3) is 16.7 Å². The van der Waals surface area contributed by atoms with Crippen molar-refractivity contribution in [2.24, 2.45) is 0 Å². The van der Waals surface area contributed by atoms with Gasteiger partial charge in [-0.3, -0.25) is 9.38 Å². The minimum atomic E-state index is -2.79. The molecule has 0 saturated carbocycles. The molecule has 4 rings (SSSR count). The monoisotopic (exact) mass is 454 g/mol. The molecule has 144 valence electrons. The molecule has 0 bridgehead atoms. The second kappa shape index (κ2) is 6.97. The number of nitrogens with zero attached hydrogens (tertiary/aromatic N) is 6. The summed E-state index contributed by atoms with van der Waals surface area (Å²) < 4.78 is 57.2. The molecule has 3 heterocycles. The number of halogens is 5. The van der Waals surface area contributed by atoms with Crippen LogP contribution in [0.2, 0.25) is 0 Å². The van der Waals surface area contributed by atoms with Gasteiger partial charge in [-0.15, -0.1) is 10.2 Å². The van der Waals surface area contributed by atoms with E-state index in [0.29, 0.717) is 10.3 Å². The fourth-order valence-corrected chi connectivity index (χ4v) is 3.47. The van der Waals surface area contributed by atoms with Crippen molar-refractivity contribution in [3.63, 3.8) is 0 Å². The van der Waals surface area contributed by atoms with Gasteiger partial charge in [0.15, 0.2) is 5.82 Å². The third-order valence-corrected chi connectivity index (χ3v) is 4.55. The summed E-state index contributed by atoms with van der Waals surface area (Å²) in [7, 11) is 0. The summed E-state index contributed by atoms with van der Waals surface area (Å²) in [4.78, 5) is 9.13. The zero-order valence-electron chi connectivity index (χ0n) is 14.2. The largest absolute Gasteiger partial charge is 0.320 e. The summed E-state index contributed by atoms with van der Waals surface area (Å²) >= 11 is 3.14. The Hall–Kier alpha value is -2.82. The average Bonchev–Trinajstić information content (AvgIpc) is 2.99. The van der Waals surface area contributed by atoms with Crippen LogP contribution in [0.3, 0.4) is 0 Å². The molecule has 0 spiro atoms. The van der Waals surface area contributed by atoms with E-state index in [1.807, 2.05) is 0 Å². The first-order chi connectivity index (χ1) is 13.3. The van der Waals surface area contributed by atoms with Crippen molar-refractivity contribution < 1.29 is 17.6 Å². The van der Waals surface area contributed by atoms with E-state index < -0.39 is 24.6 Å². The Labute approximate surface area is 164 Å². The van der Waals surface area contributed by atoms with Crippen molar-refractivity contribution in [1.82, 2.24) is 24.6 Å². The molecule has 3 aromatic heterocycles. The first kappa shape index (κ1) is 18.5. The summed E-state index contributed by atoms with van der Waals surface area (Å²) in [6.45, 7) is 0.815. The summed E-state index contributed by atoms with van der Waals surface area (Å²) in [5.74, 6) is -1.02. The third kappa shape index (κ3) is 3.15. The summed E-state index contributed by atoms with van der Waals surface area (Å²) in [5.41, 5.74) is 0.343. The van der Waals surface area contributed by atoms with Gasteiger partial charge in [0.2, 0.25) is 0 Å². The van der Waals surface area contributed by atoms with Crippen LogP contribution in [-0.4, -0.2) is 37.5 Å². The number of anilines is 2. The van der Waals surface area contributed by atoms with Gasteiger partial charge in [-0.25, -0.2) is 17.6 Å². The Morgan fingerprint density at radius 1 is 1.14 bits per heavy atom. The number of hydrogen-bond donors (Lipinski definition) is 0. The normalized spacial score (nSPS) is 11.7. The third-order valence-electron chi connectivity index (χ3n) is 4.09. The molecule has 0 saturated heterocycles. The van der Waals surface area contributed by atoms with Gasteiger partial charge >= 0.3 is 0 Å². The van der Waals surface area contributed by atoms with Gasteiger partial charge in [0.1, 0.15) is 17.5 Å². The predicted molar refractivity (Wildman–Crippen MR) is 97.9 cm³/mol. The van der Waals surface area contributed by atoms with Crippen LogP contribution >= 0.6 is 15.9 Å². The van der Waals surface area contributed by atoms with Crippen molar-refractivity contribution in [3.05, 3.63) is 52.5 Å². The Balaban J connectivity index is 2.07. The van der Waals surface area contributed by atoms with Crippen LogP contribution < -0.4 is 4.90 Å². The molecule has 4 aromatic rings. The molecule has 0 radical (unpaired) electrons. The van der Waals surface area contributed by atoms with Crippen molar-refractivity contribution in [1.29, 1.82) is 0 Å². The standard InChI is InChI=1S/C17H11BrF4N6/c1-8-25-26-17-24-16(15-12(20)5-23-6-13(15)28(8)17)27(7-14(21)22)11-3-9(18)2-10(19)4-11/h2-6,14H,7H2,1H3. The molecule has 0 unspecified atom stereocenters. The number of hydrogen-bond acceptors (Lipinski definition) is 5. The Morgan fingerprint density at radius 2 is 1.93 bits per heavy atom. The molecule has 0 aliphatic rings. The molecule has 1 aromatic carbocycles. The van der Waals surface area contributed by atoms with Crippen LogP contribution in [0.15, 0.2) is 35.1 Å². The number of aromatic nitrogens is 5. The lowest BCUT2D eigenvalue weighted by molar-refractivity contribution is 0.158. The van der Waals surface area contributed by atoms with Gasteiger partial charge in [0, 0.05) is 10.2 Å². The smallest absolute Gasteiger partial charge is 0.257 e. The van der Waals surface area contributed by atoms with E-state index in [2.05, 4.69) is 36.1 Å². The van der Waals surface area contributed by atoms with Crippen molar-refractivity contribution in [3.8, 4) is 0 Å². The number of benzene rings is 1. The zero-order valence-corrected chi connectivity index (χ0v) is 15.8. The highest BCUT2D eigenvalue weighted by Crippen LogP contribution is 2.34. The van der Waals surface area contributed by atoms with Crippen LogP contribution in [0, 0.1) is 18.6 Å². The first-order valence-electron chi connectivity index (χ1n) is 8.02. The van der Waals surface area contributed by atoms with E-state index in [1.54, 1.807) is 6.92 Å². The molecular formula is C17H11BrF4N6. The fourth-order valence-electron chi connectivity index (χ4n) is 3.01. The van der Waals surface area contributed by atoms with Crippen LogP contribution in [0.4, 0.5) is 29.1 Å². The van der Waals surface area contributed by atoms with E-state index in [-0.39, 0.29) is 28.2 Å². The highest BCUT2D eigenvalue weighted by Gasteiger charge is 2.24. The summed E-state index contributed by atoms with van der Waals surface area (Å²) in [5, 5.41) is 7.76. The highest BCUT2D eigenvalue weighted by molar-refractivity contribution is 9.10. The molecule has 11 heteroatoms. The zero-order chi connectivity index (χ0) is 20.0. The first-order valence-corrected chi connectivity index (χ1v) is 8.81. The Morgan fingerprint density at radius 3 is 2.64 bits per heavy atom. The average molecular weight is 455 g/mol. The van der Waals surface area contributed by atoms with E-state index in [9.17, 15) is 17.6 Å². The van der Waals surface area contributed by atoms with Gasteiger partial charge in [0.05, 0.1) is 29.8 Å². The van der Waals surface area contributed by atoms with Gasteiger partial charge in [-0.1, -0.05) is 15.9 Å². The maximum Gasteiger partial charge on any atom is 0.257 e. The van der Waals surface area contributed by atoms with Crippen LogP contribution in [0.1, 0.15) is 5.82 Å². The SMILES string of the molecule is Cc1nnc2nc(N(CC(F)F)c3cc(F)cc(Br)c3)c3c(F)cncc3n12. The van der Waals surface area contributed by atoms with Gasteiger partial charge in [-0.2, -0.15) is 4.98 Å². The van der Waals surface area contributed by atoms with E-state index in [4.69, 9.17) is 0 Å². The molecule has 0 amide bonds. The maximum absolute atomic E-state index is 14.7. The minimum Gasteiger partial charge on any atom is -0.320 e. The number of rotatable bonds is 4. The molecule has 0 aliphatic heterocycles. The Kier molecular flexibility index (Phi) is 4.61. The molecule has 0 aliphatic carbocycles. The predicted octanol–water partition coefficient (Wildman–Crippen LogP) is 4.42. The lowest BCUT2D eigenvalue weighted by Gasteiger charge is -2.25. The molecule has 6 nitrogen and oxygen atoms in total. The summed E-state index contributed by atoms with van der Waals surface area (Å²) in [6, 6.07) is 3.70. The second-order valence-electron chi connectivity index (χ2n) is 5.96. The number of fused-ring (bicyclic) bond motifs is 3. The van der Waals surface area contributed by atoms with Crippen molar-refractivity contribution in [2.45, 2.75) is 13.3 Å². The number of alkyl halides is 2. The van der Waals surface area contributed by atoms with Crippen molar-refractivity contribution >= 4 is 44.1 Å². The fraction of sp³-hybridized carbons (Fsp3) is 0.176. The molecule has 0 atom stereocenters. The molecule has 0 N–H and O–H groups in total. The van der Waals surface area contributed by atoms with E-state index >= 15 is 0 Å². The molecule has 0 fully saturated rings. The lowest BCUT2D eigenvalue weighted by Crippen LogP contribution is -2.26. The van der Waals surface area contributed by atoms with Crippen LogP contribution in [-0.2, 0) is 0 Å². The quantitative estimate of drug-likeness (QED) is 0.427. The van der Waals surface area contributed by atoms with Gasteiger partial charge < -0.3 is 4.90 Å². The van der Waals surface area contributed by atoms with E-state index in [0.717, 1.165) is 17.2 Å². The number of pyridine rings is 1. The molecule has 28 heavy (non-hydrogen) atoms. The minimum absolute atomic E-state index is 0.0496. The van der Waals surface area contributed by atoms with Gasteiger partial charge in [-0.05, 0) is 25.1 Å². The molecular weight excluding hydrogens is 444 g/mol.